The molecule has 0 radical (unpaired) electrons. The molecule has 3 unspecified atom stereocenters. The van der Waals surface area contributed by atoms with Gasteiger partial charge in [-0.3, -0.25) is 4.79 Å². The number of rotatable bonds is 15. The summed E-state index contributed by atoms with van der Waals surface area (Å²) in [5, 5.41) is 3.51. The molecular weight excluding hydrogens is 540 g/mol. The van der Waals surface area contributed by atoms with Gasteiger partial charge in [0.25, 0.3) is 0 Å². The first-order chi connectivity index (χ1) is 21.1. The van der Waals surface area contributed by atoms with E-state index in [4.69, 9.17) is 18.9 Å². The lowest BCUT2D eigenvalue weighted by Gasteiger charge is -2.33. The summed E-state index contributed by atoms with van der Waals surface area (Å²) in [4.78, 5) is 14.6. The lowest BCUT2D eigenvalue weighted by Crippen LogP contribution is -2.41. The number of fused-ring (bicyclic) bond motifs is 1. The third-order valence-electron chi connectivity index (χ3n) is 8.47. The smallest absolute Gasteiger partial charge is 0.227 e. The average Bonchev–Trinajstić information content (AvgIpc) is 3.05. The molecule has 0 saturated carbocycles. The van der Waals surface area contributed by atoms with Gasteiger partial charge >= 0.3 is 0 Å². The highest BCUT2D eigenvalue weighted by Gasteiger charge is 2.28. The number of nitrogens with zero attached hydrogens (tertiary/aromatic N) is 1. The number of nitrogens with one attached hydrogen (secondary N) is 1. The lowest BCUT2D eigenvalue weighted by atomic mass is 9.87. The highest BCUT2D eigenvalue weighted by atomic mass is 16.5. The van der Waals surface area contributed by atoms with Crippen LogP contribution in [0.2, 0.25) is 0 Å². The zero-order chi connectivity index (χ0) is 29.9. The lowest BCUT2D eigenvalue weighted by molar-refractivity contribution is -0.118. The summed E-state index contributed by atoms with van der Waals surface area (Å²) in [6.45, 7) is 7.00. The molecule has 2 heterocycles. The first-order valence-electron chi connectivity index (χ1n) is 15.7. The van der Waals surface area contributed by atoms with Crippen LogP contribution in [0.3, 0.4) is 0 Å². The zero-order valence-electron chi connectivity index (χ0n) is 25.6. The number of anilines is 1. The molecule has 3 aromatic carbocycles. The van der Waals surface area contributed by atoms with Crippen molar-refractivity contribution >= 4 is 11.6 Å². The molecule has 0 spiro atoms. The molecule has 2 aliphatic heterocycles. The number of amides is 1. The highest BCUT2D eigenvalue weighted by molar-refractivity contribution is 5.96. The predicted octanol–water partition coefficient (Wildman–Crippen LogP) is 6.21. The number of hydrogen-bond donors (Lipinski definition) is 1. The van der Waals surface area contributed by atoms with Gasteiger partial charge in [-0.05, 0) is 73.2 Å². The Morgan fingerprint density at radius 3 is 2.60 bits per heavy atom. The van der Waals surface area contributed by atoms with Crippen molar-refractivity contribution in [1.82, 2.24) is 5.32 Å². The minimum Gasteiger partial charge on any atom is -0.494 e. The van der Waals surface area contributed by atoms with E-state index in [-0.39, 0.29) is 18.1 Å². The van der Waals surface area contributed by atoms with Crippen molar-refractivity contribution in [3.63, 3.8) is 0 Å². The van der Waals surface area contributed by atoms with Crippen LogP contribution in [-0.2, 0) is 32.0 Å². The fourth-order valence-electron chi connectivity index (χ4n) is 6.02. The van der Waals surface area contributed by atoms with Gasteiger partial charge < -0.3 is 29.2 Å². The molecule has 43 heavy (non-hydrogen) atoms. The number of benzene rings is 3. The Bertz CT molecular complexity index is 1280. The van der Waals surface area contributed by atoms with Crippen molar-refractivity contribution in [1.29, 1.82) is 0 Å². The summed E-state index contributed by atoms with van der Waals surface area (Å²) in [5.74, 6) is 1.38. The van der Waals surface area contributed by atoms with Gasteiger partial charge in [-0.25, -0.2) is 0 Å². The monoisotopic (exact) mass is 586 g/mol. The van der Waals surface area contributed by atoms with Crippen LogP contribution in [0, 0.1) is 0 Å². The fraction of sp³-hybridized carbons (Fsp3) is 0.472. The van der Waals surface area contributed by atoms with Crippen LogP contribution < -0.4 is 15.0 Å². The Balaban J connectivity index is 1.11. The Morgan fingerprint density at radius 1 is 0.953 bits per heavy atom. The first kappa shape index (κ1) is 31.2. The van der Waals surface area contributed by atoms with Crippen molar-refractivity contribution in [3.8, 4) is 5.75 Å². The van der Waals surface area contributed by atoms with Gasteiger partial charge in [0, 0.05) is 51.3 Å². The summed E-state index contributed by atoms with van der Waals surface area (Å²) in [6, 6.07) is 25.2. The second kappa shape index (κ2) is 16.0. The number of methoxy groups -OCH3 is 1. The molecule has 7 nitrogen and oxygen atoms in total. The van der Waals surface area contributed by atoms with Crippen LogP contribution in [-0.4, -0.2) is 58.6 Å². The molecule has 1 amide bonds. The maximum absolute atomic E-state index is 12.7. The minimum absolute atomic E-state index is 0.0692. The number of carbonyl (C=O) groups excluding carboxylic acids is 1. The standard InChI is InChI=1S/C36H46N2O5/c1-27(29-8-4-3-5-9-29)41-22-7-23-42-32-15-12-30(13-16-32)33-18-19-37-25-35(33)43-26-28-10-11-31-14-17-36(39)38(34(31)24-28)20-6-21-40-2/h3-5,8-13,15-16,24,27,33,35,37H,6-7,14,17-23,25-26H2,1-2H3. The summed E-state index contributed by atoms with van der Waals surface area (Å²) in [5.41, 5.74) is 5.83. The molecule has 3 atom stereocenters. The van der Waals surface area contributed by atoms with Gasteiger partial charge in [0.05, 0.1) is 32.0 Å². The van der Waals surface area contributed by atoms with E-state index in [1.54, 1.807) is 7.11 Å². The minimum atomic E-state index is 0.0692. The molecular formula is C36H46N2O5. The second-order valence-corrected chi connectivity index (χ2v) is 11.5. The van der Waals surface area contributed by atoms with E-state index in [2.05, 4.69) is 66.8 Å². The quantitative estimate of drug-likeness (QED) is 0.214. The Labute approximate surface area is 256 Å². The van der Waals surface area contributed by atoms with Crippen LogP contribution >= 0.6 is 0 Å². The average molecular weight is 587 g/mol. The van der Waals surface area contributed by atoms with Crippen molar-refractivity contribution in [2.45, 2.75) is 63.8 Å². The number of ether oxygens (including phenoxy) is 4. The topological polar surface area (TPSA) is 69.3 Å². The molecule has 3 aromatic rings. The van der Waals surface area contributed by atoms with Crippen LogP contribution in [0.15, 0.2) is 72.8 Å². The second-order valence-electron chi connectivity index (χ2n) is 11.5. The summed E-state index contributed by atoms with van der Waals surface area (Å²) in [7, 11) is 1.70. The molecule has 7 heteroatoms. The van der Waals surface area contributed by atoms with Gasteiger partial charge in [-0.1, -0.05) is 54.6 Å². The summed E-state index contributed by atoms with van der Waals surface area (Å²) in [6.07, 6.45) is 4.20. The molecule has 0 bridgehead atoms. The van der Waals surface area contributed by atoms with Crippen LogP contribution in [0.25, 0.3) is 0 Å². The molecule has 5 rings (SSSR count). The number of piperidine rings is 1. The maximum atomic E-state index is 12.7. The largest absolute Gasteiger partial charge is 0.494 e. The van der Waals surface area contributed by atoms with Gasteiger partial charge in [0.2, 0.25) is 5.91 Å². The van der Waals surface area contributed by atoms with E-state index in [9.17, 15) is 4.79 Å². The molecule has 1 fully saturated rings. The number of hydrogen-bond acceptors (Lipinski definition) is 6. The van der Waals surface area contributed by atoms with E-state index < -0.39 is 0 Å². The Hall–Kier alpha value is -3.23. The SMILES string of the molecule is COCCCN1C(=O)CCc2ccc(COC3CNCCC3c3ccc(OCCCOC(C)c4ccccc4)cc3)cc21. The zero-order valence-corrected chi connectivity index (χ0v) is 25.6. The van der Waals surface area contributed by atoms with E-state index >= 15 is 0 Å². The van der Waals surface area contributed by atoms with Gasteiger partial charge in [-0.2, -0.15) is 0 Å². The number of aryl methyl sites for hydroxylation is 1. The fourth-order valence-corrected chi connectivity index (χ4v) is 6.02. The summed E-state index contributed by atoms with van der Waals surface area (Å²) >= 11 is 0. The van der Waals surface area contributed by atoms with E-state index in [0.29, 0.717) is 45.3 Å². The third-order valence-corrected chi connectivity index (χ3v) is 8.47. The van der Waals surface area contributed by atoms with Crippen molar-refractivity contribution < 1.29 is 23.7 Å². The van der Waals surface area contributed by atoms with Crippen LogP contribution in [0.1, 0.15) is 66.9 Å². The van der Waals surface area contributed by atoms with Gasteiger partial charge in [-0.15, -0.1) is 0 Å². The number of carbonyl (C=O) groups is 1. The third kappa shape index (κ3) is 8.67. The molecule has 0 aliphatic carbocycles. The summed E-state index contributed by atoms with van der Waals surface area (Å²) < 4.78 is 23.7. The van der Waals surface area contributed by atoms with E-state index in [1.165, 1.54) is 16.7 Å². The van der Waals surface area contributed by atoms with Gasteiger partial charge in [0.15, 0.2) is 0 Å². The Morgan fingerprint density at radius 2 is 1.79 bits per heavy atom. The van der Waals surface area contributed by atoms with Crippen molar-refractivity contribution in [2.24, 2.45) is 0 Å². The van der Waals surface area contributed by atoms with Crippen LogP contribution in [0.4, 0.5) is 5.69 Å². The van der Waals surface area contributed by atoms with Crippen molar-refractivity contribution in [2.75, 3.05) is 51.5 Å². The van der Waals surface area contributed by atoms with Crippen molar-refractivity contribution in [3.05, 3.63) is 95.1 Å². The Kier molecular flexibility index (Phi) is 11.6. The molecule has 1 saturated heterocycles. The predicted molar refractivity (Wildman–Crippen MR) is 170 cm³/mol. The van der Waals surface area contributed by atoms with E-state index in [1.807, 2.05) is 23.1 Å². The maximum Gasteiger partial charge on any atom is 0.227 e. The van der Waals surface area contributed by atoms with E-state index in [0.717, 1.165) is 55.8 Å². The highest BCUT2D eigenvalue weighted by Crippen LogP contribution is 2.32. The molecule has 1 N–H and O–H groups in total. The normalized spacial score (nSPS) is 19.2. The first-order valence-corrected chi connectivity index (χ1v) is 15.7. The molecule has 0 aromatic heterocycles. The van der Waals surface area contributed by atoms with Crippen LogP contribution in [0.5, 0.6) is 5.75 Å². The van der Waals surface area contributed by atoms with Gasteiger partial charge in [0.1, 0.15) is 5.75 Å². The molecule has 230 valence electrons. The molecule has 2 aliphatic rings.